The van der Waals surface area contributed by atoms with Gasteiger partial charge in [0.2, 0.25) is 15.9 Å². The van der Waals surface area contributed by atoms with Crippen LogP contribution in [-0.4, -0.2) is 41.4 Å². The van der Waals surface area contributed by atoms with Crippen molar-refractivity contribution in [2.24, 2.45) is 0 Å². The zero-order valence-electron chi connectivity index (χ0n) is 16.7. The third-order valence-electron chi connectivity index (χ3n) is 5.36. The molecule has 9 heteroatoms. The maximum absolute atomic E-state index is 13.7. The minimum Gasteiger partial charge on any atom is -0.360 e. The van der Waals surface area contributed by atoms with E-state index in [1.165, 1.54) is 4.31 Å². The van der Waals surface area contributed by atoms with Gasteiger partial charge in [-0.2, -0.15) is 4.31 Å². The Morgan fingerprint density at radius 2 is 1.97 bits per heavy atom. The van der Waals surface area contributed by atoms with E-state index in [0.717, 1.165) is 37.5 Å². The predicted molar refractivity (Wildman–Crippen MR) is 112 cm³/mol. The first kappa shape index (κ1) is 20.5. The highest BCUT2D eigenvalue weighted by Crippen LogP contribution is 2.30. The van der Waals surface area contributed by atoms with Crippen LogP contribution in [0.2, 0.25) is 0 Å². The lowest BCUT2D eigenvalue weighted by Gasteiger charge is -2.33. The van der Waals surface area contributed by atoms with Crippen LogP contribution in [-0.2, 0) is 14.8 Å². The molecule has 0 spiro atoms. The van der Waals surface area contributed by atoms with E-state index in [2.05, 4.69) is 15.5 Å². The number of nitrogens with zero attached hydrogens (tertiary/aromatic N) is 3. The first-order valence-corrected chi connectivity index (χ1v) is 11.5. The van der Waals surface area contributed by atoms with Crippen LogP contribution < -0.4 is 5.32 Å². The number of anilines is 1. The molecular formula is C21H24N4O4S. The molecule has 0 aliphatic heterocycles. The molecule has 4 rings (SSSR count). The Morgan fingerprint density at radius 3 is 2.70 bits per heavy atom. The summed E-state index contributed by atoms with van der Waals surface area (Å²) >= 11 is 0. The van der Waals surface area contributed by atoms with Crippen molar-refractivity contribution >= 4 is 32.7 Å². The molecule has 1 aromatic carbocycles. The number of carbonyl (C=O) groups is 1. The van der Waals surface area contributed by atoms with Crippen molar-refractivity contribution in [3.05, 3.63) is 48.4 Å². The fourth-order valence-corrected chi connectivity index (χ4v) is 5.75. The molecule has 0 saturated heterocycles. The van der Waals surface area contributed by atoms with Gasteiger partial charge in [-0.3, -0.25) is 9.78 Å². The number of amides is 1. The average molecular weight is 429 g/mol. The van der Waals surface area contributed by atoms with Crippen LogP contribution >= 0.6 is 0 Å². The van der Waals surface area contributed by atoms with Crippen LogP contribution in [0.5, 0.6) is 0 Å². The van der Waals surface area contributed by atoms with E-state index >= 15 is 0 Å². The number of carbonyl (C=O) groups excluding carboxylic acids is 1. The van der Waals surface area contributed by atoms with Crippen molar-refractivity contribution < 1.29 is 17.7 Å². The highest BCUT2D eigenvalue weighted by Gasteiger charge is 2.35. The topological polar surface area (TPSA) is 105 Å². The van der Waals surface area contributed by atoms with E-state index in [9.17, 15) is 13.2 Å². The van der Waals surface area contributed by atoms with E-state index in [4.69, 9.17) is 4.52 Å². The highest BCUT2D eigenvalue weighted by atomic mass is 32.2. The van der Waals surface area contributed by atoms with E-state index < -0.39 is 15.9 Å². The van der Waals surface area contributed by atoms with Gasteiger partial charge in [-0.1, -0.05) is 42.6 Å². The molecule has 0 atom stereocenters. The number of benzene rings is 1. The normalized spacial score (nSPS) is 15.5. The van der Waals surface area contributed by atoms with Gasteiger partial charge in [-0.05, 0) is 31.9 Å². The Hall–Kier alpha value is -2.78. The Balaban J connectivity index is 1.68. The summed E-state index contributed by atoms with van der Waals surface area (Å²) in [5.41, 5.74) is 0.411. The molecule has 1 fully saturated rings. The SMILES string of the molecule is Cc1cc(NC(=O)CN(C2CCCCC2)S(=O)(=O)c2cccc3cccnc23)no1. The standard InChI is InChI=1S/C21H24N4O4S/c1-15-13-19(24-29-15)23-20(26)14-25(17-9-3-2-4-10-17)30(27,28)18-11-5-7-16-8-6-12-22-21(16)18/h5-8,11-13,17H,2-4,9-10,14H2,1H3,(H,23,24,26). The van der Waals surface area contributed by atoms with Gasteiger partial charge < -0.3 is 9.84 Å². The lowest BCUT2D eigenvalue weighted by molar-refractivity contribution is -0.116. The maximum Gasteiger partial charge on any atom is 0.245 e. The van der Waals surface area contributed by atoms with Gasteiger partial charge in [0, 0.05) is 23.7 Å². The van der Waals surface area contributed by atoms with Gasteiger partial charge in [0.25, 0.3) is 0 Å². The Kier molecular flexibility index (Phi) is 5.83. The van der Waals surface area contributed by atoms with Crippen molar-refractivity contribution in [1.29, 1.82) is 0 Å². The number of sulfonamides is 1. The molecular weight excluding hydrogens is 404 g/mol. The molecule has 1 aliphatic rings. The number of hydrogen-bond acceptors (Lipinski definition) is 6. The molecule has 1 amide bonds. The number of nitrogens with one attached hydrogen (secondary N) is 1. The summed E-state index contributed by atoms with van der Waals surface area (Å²) in [5.74, 6) is 0.375. The number of para-hydroxylation sites is 1. The quantitative estimate of drug-likeness (QED) is 0.644. The van der Waals surface area contributed by atoms with E-state index in [-0.39, 0.29) is 23.3 Å². The second-order valence-corrected chi connectivity index (χ2v) is 9.40. The van der Waals surface area contributed by atoms with Crippen LogP contribution in [0.1, 0.15) is 37.9 Å². The Labute approximate surface area is 175 Å². The lowest BCUT2D eigenvalue weighted by Crippen LogP contribution is -2.45. The highest BCUT2D eigenvalue weighted by molar-refractivity contribution is 7.89. The van der Waals surface area contributed by atoms with Crippen molar-refractivity contribution in [2.75, 3.05) is 11.9 Å². The summed E-state index contributed by atoms with van der Waals surface area (Å²) in [7, 11) is -3.94. The molecule has 1 N–H and O–H groups in total. The van der Waals surface area contributed by atoms with Crippen LogP contribution in [0.3, 0.4) is 0 Å². The molecule has 2 heterocycles. The number of aromatic nitrogens is 2. The van der Waals surface area contributed by atoms with Crippen LogP contribution in [0.15, 0.2) is 52.0 Å². The maximum atomic E-state index is 13.7. The number of aryl methyl sites for hydroxylation is 1. The number of rotatable bonds is 6. The molecule has 158 valence electrons. The number of hydrogen-bond donors (Lipinski definition) is 1. The smallest absolute Gasteiger partial charge is 0.245 e. The van der Waals surface area contributed by atoms with Gasteiger partial charge in [0.15, 0.2) is 5.82 Å². The fourth-order valence-electron chi connectivity index (χ4n) is 3.94. The monoisotopic (exact) mass is 428 g/mol. The van der Waals surface area contributed by atoms with E-state index in [0.29, 0.717) is 11.3 Å². The summed E-state index contributed by atoms with van der Waals surface area (Å²) in [5, 5.41) is 7.12. The molecule has 1 saturated carbocycles. The van der Waals surface area contributed by atoms with Gasteiger partial charge in [0.05, 0.1) is 12.1 Å². The Bertz CT molecular complexity index is 1150. The zero-order valence-corrected chi connectivity index (χ0v) is 17.6. The Morgan fingerprint density at radius 1 is 1.20 bits per heavy atom. The van der Waals surface area contributed by atoms with Gasteiger partial charge in [0.1, 0.15) is 10.7 Å². The van der Waals surface area contributed by atoms with Crippen LogP contribution in [0.25, 0.3) is 10.9 Å². The van der Waals surface area contributed by atoms with Gasteiger partial charge >= 0.3 is 0 Å². The van der Waals surface area contributed by atoms with Crippen LogP contribution in [0.4, 0.5) is 5.82 Å². The minimum atomic E-state index is -3.94. The molecule has 30 heavy (non-hydrogen) atoms. The molecule has 2 aromatic heterocycles. The minimum absolute atomic E-state index is 0.122. The van der Waals surface area contributed by atoms with Crippen molar-refractivity contribution in [2.45, 2.75) is 50.0 Å². The predicted octanol–water partition coefficient (Wildman–Crippen LogP) is 3.49. The summed E-state index contributed by atoms with van der Waals surface area (Å²) < 4.78 is 33.7. The molecule has 8 nitrogen and oxygen atoms in total. The first-order chi connectivity index (χ1) is 14.4. The third-order valence-corrected chi connectivity index (χ3v) is 7.29. The van der Waals surface area contributed by atoms with Crippen molar-refractivity contribution in [1.82, 2.24) is 14.4 Å². The number of fused-ring (bicyclic) bond motifs is 1. The average Bonchev–Trinajstić information content (AvgIpc) is 3.16. The van der Waals surface area contributed by atoms with Crippen molar-refractivity contribution in [3.8, 4) is 0 Å². The molecule has 0 radical (unpaired) electrons. The zero-order chi connectivity index (χ0) is 21.1. The largest absolute Gasteiger partial charge is 0.360 e. The van der Waals surface area contributed by atoms with Crippen LogP contribution in [0, 0.1) is 6.92 Å². The summed E-state index contributed by atoms with van der Waals surface area (Å²) in [6, 6.07) is 10.0. The second kappa shape index (κ2) is 8.53. The summed E-state index contributed by atoms with van der Waals surface area (Å²) in [6.07, 6.45) is 5.99. The second-order valence-electron chi connectivity index (χ2n) is 7.54. The van der Waals surface area contributed by atoms with Gasteiger partial charge in [-0.25, -0.2) is 8.42 Å². The molecule has 3 aromatic rings. The molecule has 1 aliphatic carbocycles. The van der Waals surface area contributed by atoms with E-state index in [1.807, 2.05) is 12.1 Å². The lowest BCUT2D eigenvalue weighted by atomic mass is 9.95. The fraction of sp³-hybridized carbons (Fsp3) is 0.381. The van der Waals surface area contributed by atoms with E-state index in [1.54, 1.807) is 37.4 Å². The third kappa shape index (κ3) is 4.22. The van der Waals surface area contributed by atoms with Crippen molar-refractivity contribution in [3.63, 3.8) is 0 Å². The number of pyridine rings is 1. The van der Waals surface area contributed by atoms with Gasteiger partial charge in [-0.15, -0.1) is 0 Å². The molecule has 0 bridgehead atoms. The first-order valence-electron chi connectivity index (χ1n) is 10.0. The summed E-state index contributed by atoms with van der Waals surface area (Å²) in [4.78, 5) is 17.1. The summed E-state index contributed by atoms with van der Waals surface area (Å²) in [6.45, 7) is 1.43. The molecule has 0 unspecified atom stereocenters.